The first-order valence-corrected chi connectivity index (χ1v) is 18.0. The molecule has 10 heteroatoms. The number of ether oxygens (including phenoxy) is 1. The third-order valence-electron chi connectivity index (χ3n) is 8.23. The minimum absolute atomic E-state index is 0.0453. The maximum absolute atomic E-state index is 12.7. The molecule has 0 spiro atoms. The number of aryl methyl sites for hydroxylation is 1. The average molecular weight is 565 g/mol. The van der Waals surface area contributed by atoms with Crippen molar-refractivity contribution < 1.29 is 17.6 Å². The molecule has 1 N–H and O–H groups in total. The second-order valence-electron chi connectivity index (χ2n) is 12.2. The van der Waals surface area contributed by atoms with Gasteiger partial charge >= 0.3 is 0 Å². The van der Waals surface area contributed by atoms with E-state index in [4.69, 9.17) is 14.3 Å². The van der Waals surface area contributed by atoms with Gasteiger partial charge in [-0.1, -0.05) is 20.8 Å². The van der Waals surface area contributed by atoms with E-state index in [1.165, 1.54) is 6.26 Å². The van der Waals surface area contributed by atoms with Crippen molar-refractivity contribution >= 4 is 40.0 Å². The van der Waals surface area contributed by atoms with Crippen LogP contribution in [0.3, 0.4) is 0 Å². The molecule has 0 bridgehead atoms. The van der Waals surface area contributed by atoms with Crippen LogP contribution in [0.2, 0.25) is 18.1 Å². The van der Waals surface area contributed by atoms with E-state index in [9.17, 15) is 13.7 Å². The van der Waals surface area contributed by atoms with Crippen LogP contribution in [0, 0.1) is 18.3 Å². The average Bonchev–Trinajstić information content (AvgIpc) is 3.45. The SMILES string of the molecule is Cc1cc(S(C)(=O)=O)c(Cn2cc3ccc(C#N)c(OC4CC(O[Si](C)(C)C(C)(C)C)C4)c3n2)c2cc[nH]c12. The molecular formula is C29H36N4O4SSi. The summed E-state index contributed by atoms with van der Waals surface area (Å²) in [6.07, 6.45) is 6.60. The third-order valence-corrected chi connectivity index (χ3v) is 13.9. The lowest BCUT2D eigenvalue weighted by Gasteiger charge is -2.44. The molecule has 0 aliphatic heterocycles. The molecule has 0 radical (unpaired) electrons. The van der Waals surface area contributed by atoms with Gasteiger partial charge in [-0.3, -0.25) is 4.68 Å². The Morgan fingerprint density at radius 3 is 2.56 bits per heavy atom. The Hall–Kier alpha value is -3.13. The maximum Gasteiger partial charge on any atom is 0.192 e. The number of benzene rings is 2. The molecule has 1 saturated carbocycles. The molecule has 2 aromatic heterocycles. The quantitative estimate of drug-likeness (QED) is 0.272. The van der Waals surface area contributed by atoms with Gasteiger partial charge in [-0.05, 0) is 54.9 Å². The normalized spacial score (nSPS) is 18.3. The Morgan fingerprint density at radius 2 is 1.92 bits per heavy atom. The van der Waals surface area contributed by atoms with E-state index in [1.54, 1.807) is 16.8 Å². The van der Waals surface area contributed by atoms with Crippen LogP contribution in [0.1, 0.15) is 50.3 Å². The summed E-state index contributed by atoms with van der Waals surface area (Å²) in [5.41, 5.74) is 3.49. The molecule has 0 saturated heterocycles. The molecule has 1 aliphatic rings. The van der Waals surface area contributed by atoms with E-state index in [0.29, 0.717) is 27.3 Å². The molecule has 2 aromatic carbocycles. The van der Waals surface area contributed by atoms with Gasteiger partial charge in [-0.2, -0.15) is 10.4 Å². The summed E-state index contributed by atoms with van der Waals surface area (Å²) >= 11 is 0. The van der Waals surface area contributed by atoms with Crippen molar-refractivity contribution in [3.05, 3.63) is 53.3 Å². The van der Waals surface area contributed by atoms with Crippen molar-refractivity contribution in [2.75, 3.05) is 6.26 Å². The minimum atomic E-state index is -3.47. The molecule has 5 rings (SSSR count). The van der Waals surface area contributed by atoms with Gasteiger partial charge in [0, 0.05) is 53.3 Å². The summed E-state index contributed by atoms with van der Waals surface area (Å²) in [6, 6.07) is 9.47. The van der Waals surface area contributed by atoms with Gasteiger partial charge in [-0.25, -0.2) is 8.42 Å². The van der Waals surface area contributed by atoms with Crippen molar-refractivity contribution in [1.29, 1.82) is 5.26 Å². The summed E-state index contributed by atoms with van der Waals surface area (Å²) in [5.74, 6) is 0.476. The first kappa shape index (κ1) is 27.4. The fourth-order valence-electron chi connectivity index (χ4n) is 4.96. The molecular weight excluding hydrogens is 528 g/mol. The van der Waals surface area contributed by atoms with Crippen molar-refractivity contribution in [2.24, 2.45) is 0 Å². The van der Waals surface area contributed by atoms with Gasteiger partial charge in [0.2, 0.25) is 0 Å². The molecule has 2 heterocycles. The number of aromatic amines is 1. The zero-order valence-electron chi connectivity index (χ0n) is 23.6. The van der Waals surface area contributed by atoms with Crippen LogP contribution in [0.25, 0.3) is 21.8 Å². The molecule has 1 aliphatic carbocycles. The highest BCUT2D eigenvalue weighted by Crippen LogP contribution is 2.41. The van der Waals surface area contributed by atoms with Crippen LogP contribution in [0.5, 0.6) is 5.75 Å². The Bertz CT molecular complexity index is 1720. The van der Waals surface area contributed by atoms with Crippen LogP contribution >= 0.6 is 0 Å². The predicted molar refractivity (Wildman–Crippen MR) is 155 cm³/mol. The lowest BCUT2D eigenvalue weighted by Crippen LogP contribution is -2.50. The van der Waals surface area contributed by atoms with E-state index in [0.717, 1.165) is 34.7 Å². The van der Waals surface area contributed by atoms with Gasteiger partial charge in [0.05, 0.1) is 23.1 Å². The Kier molecular flexibility index (Phi) is 6.69. The van der Waals surface area contributed by atoms with Gasteiger partial charge < -0.3 is 14.1 Å². The topological polar surface area (TPSA) is 110 Å². The molecule has 4 aromatic rings. The number of nitrogens with one attached hydrogen (secondary N) is 1. The van der Waals surface area contributed by atoms with E-state index < -0.39 is 18.2 Å². The van der Waals surface area contributed by atoms with Crippen LogP contribution in [0.4, 0.5) is 0 Å². The molecule has 0 unspecified atom stereocenters. The summed E-state index contributed by atoms with van der Waals surface area (Å²) in [4.78, 5) is 3.51. The van der Waals surface area contributed by atoms with E-state index in [2.05, 4.69) is 44.9 Å². The van der Waals surface area contributed by atoms with Crippen molar-refractivity contribution in [3.63, 3.8) is 0 Å². The summed E-state index contributed by atoms with van der Waals surface area (Å²) in [5, 5.41) is 16.4. The first-order valence-electron chi connectivity index (χ1n) is 13.2. The Labute approximate surface area is 231 Å². The summed E-state index contributed by atoms with van der Waals surface area (Å²) in [6.45, 7) is 13.4. The lowest BCUT2D eigenvalue weighted by molar-refractivity contribution is -0.00263. The van der Waals surface area contributed by atoms with Gasteiger partial charge in [0.1, 0.15) is 17.7 Å². The second kappa shape index (κ2) is 9.50. The number of fused-ring (bicyclic) bond motifs is 2. The van der Waals surface area contributed by atoms with Crippen LogP contribution < -0.4 is 4.74 Å². The van der Waals surface area contributed by atoms with Crippen molar-refractivity contribution in [1.82, 2.24) is 14.8 Å². The van der Waals surface area contributed by atoms with Crippen LogP contribution in [0.15, 0.2) is 41.6 Å². The molecule has 0 atom stereocenters. The monoisotopic (exact) mass is 564 g/mol. The third kappa shape index (κ3) is 5.11. The van der Waals surface area contributed by atoms with Gasteiger partial charge in [0.15, 0.2) is 23.9 Å². The number of aromatic nitrogens is 3. The van der Waals surface area contributed by atoms with Gasteiger partial charge in [-0.15, -0.1) is 0 Å². The smallest absolute Gasteiger partial charge is 0.192 e. The standard InChI is InChI=1S/C29H36N4O4SSi/c1-18-12-25(38(5,34)35)24(23-10-11-31-26(18)23)17-33-16-20-9-8-19(15-30)28(27(20)32-33)36-21-13-22(14-21)37-39(6,7)29(2,3)4/h8-12,16,21-22,31H,13-14,17H2,1-7H3. The lowest BCUT2D eigenvalue weighted by atomic mass is 9.92. The molecule has 1 fully saturated rings. The predicted octanol–water partition coefficient (Wildman–Crippen LogP) is 6.08. The maximum atomic E-state index is 12.7. The minimum Gasteiger partial charge on any atom is -0.486 e. The fraction of sp³-hybridized carbons (Fsp3) is 0.448. The number of H-pyrrole nitrogens is 1. The van der Waals surface area contributed by atoms with E-state index in [-0.39, 0.29) is 23.8 Å². The van der Waals surface area contributed by atoms with E-state index >= 15 is 0 Å². The van der Waals surface area contributed by atoms with E-state index in [1.807, 2.05) is 31.5 Å². The number of sulfone groups is 1. The fourth-order valence-corrected chi connectivity index (χ4v) is 7.35. The summed E-state index contributed by atoms with van der Waals surface area (Å²) < 4.78 is 40.0. The zero-order chi connectivity index (χ0) is 28.3. The number of hydrogen-bond acceptors (Lipinski definition) is 6. The molecule has 0 amide bonds. The Morgan fingerprint density at radius 1 is 1.21 bits per heavy atom. The highest BCUT2D eigenvalue weighted by Gasteiger charge is 2.43. The number of hydrogen-bond donors (Lipinski definition) is 1. The molecule has 39 heavy (non-hydrogen) atoms. The Balaban J connectivity index is 1.44. The van der Waals surface area contributed by atoms with Crippen LogP contribution in [-0.2, 0) is 20.8 Å². The number of nitriles is 1. The zero-order valence-corrected chi connectivity index (χ0v) is 25.4. The largest absolute Gasteiger partial charge is 0.486 e. The van der Waals surface area contributed by atoms with Crippen LogP contribution in [-0.4, -0.2) is 50.0 Å². The second-order valence-corrected chi connectivity index (χ2v) is 19.0. The number of rotatable bonds is 7. The van der Waals surface area contributed by atoms with Gasteiger partial charge in [0.25, 0.3) is 0 Å². The highest BCUT2D eigenvalue weighted by molar-refractivity contribution is 7.90. The first-order chi connectivity index (χ1) is 18.2. The van der Waals surface area contributed by atoms with Crippen molar-refractivity contribution in [3.8, 4) is 11.8 Å². The molecule has 206 valence electrons. The molecule has 8 nitrogen and oxygen atoms in total. The summed E-state index contributed by atoms with van der Waals surface area (Å²) in [7, 11) is -5.33. The highest BCUT2D eigenvalue weighted by atomic mass is 32.2. The number of nitrogens with zero attached hydrogens (tertiary/aromatic N) is 3. The van der Waals surface area contributed by atoms with Crippen molar-refractivity contribution in [2.45, 2.75) is 82.3 Å².